The molecule has 1 aliphatic rings. The average Bonchev–Trinajstić information content (AvgIpc) is 2.31. The van der Waals surface area contributed by atoms with Crippen molar-refractivity contribution >= 4 is 27.5 Å². The maximum Gasteiger partial charge on any atom is 0.242 e. The van der Waals surface area contributed by atoms with E-state index in [-0.39, 0.29) is 11.9 Å². The predicted molar refractivity (Wildman–Crippen MR) is 68.5 cm³/mol. The number of hydrogen-bond donors (Lipinski definition) is 2. The zero-order chi connectivity index (χ0) is 12.3. The van der Waals surface area contributed by atoms with E-state index in [1.165, 1.54) is 0 Å². The van der Waals surface area contributed by atoms with Crippen LogP contribution in [0.25, 0.3) is 0 Å². The highest BCUT2D eigenvalue weighted by atomic mass is 79.9. The van der Waals surface area contributed by atoms with Gasteiger partial charge >= 0.3 is 0 Å². The Morgan fingerprint density at radius 3 is 3.00 bits per heavy atom. The molecule has 4 nitrogen and oxygen atoms in total. The van der Waals surface area contributed by atoms with Gasteiger partial charge in [0.1, 0.15) is 6.04 Å². The van der Waals surface area contributed by atoms with Gasteiger partial charge in [0.05, 0.1) is 11.6 Å². The van der Waals surface area contributed by atoms with Gasteiger partial charge in [-0.25, -0.2) is 0 Å². The summed E-state index contributed by atoms with van der Waals surface area (Å²) in [5, 5.41) is 14.8. The van der Waals surface area contributed by atoms with Crippen molar-refractivity contribution in [2.24, 2.45) is 0 Å². The summed E-state index contributed by atoms with van der Waals surface area (Å²) in [6.07, 6.45) is 1.79. The van der Waals surface area contributed by atoms with Gasteiger partial charge in [0.25, 0.3) is 0 Å². The Kier molecular flexibility index (Phi) is 3.64. The third kappa shape index (κ3) is 2.98. The quantitative estimate of drug-likeness (QED) is 0.877. The molecule has 1 aromatic rings. The molecule has 2 N–H and O–H groups in total. The van der Waals surface area contributed by atoms with Crippen LogP contribution in [-0.2, 0) is 4.79 Å². The van der Waals surface area contributed by atoms with Gasteiger partial charge in [-0.3, -0.25) is 4.79 Å². The molecule has 1 heterocycles. The van der Waals surface area contributed by atoms with E-state index in [0.29, 0.717) is 5.56 Å². The largest absolute Gasteiger partial charge is 0.374 e. The van der Waals surface area contributed by atoms with Gasteiger partial charge in [-0.1, -0.05) is 15.9 Å². The maximum absolute atomic E-state index is 11.6. The first-order valence-electron chi connectivity index (χ1n) is 5.44. The SMILES string of the molecule is N#Cc1cc(Br)cc(NC2CCCNC2=O)c1. The van der Waals surface area contributed by atoms with Gasteiger partial charge in [0, 0.05) is 16.7 Å². The zero-order valence-corrected chi connectivity index (χ0v) is 10.8. The highest BCUT2D eigenvalue weighted by molar-refractivity contribution is 9.10. The summed E-state index contributed by atoms with van der Waals surface area (Å²) in [5.41, 5.74) is 1.36. The summed E-state index contributed by atoms with van der Waals surface area (Å²) in [6.45, 7) is 0.749. The van der Waals surface area contributed by atoms with Crippen LogP contribution in [0.5, 0.6) is 0 Å². The summed E-state index contributed by atoms with van der Waals surface area (Å²) in [6, 6.07) is 7.23. The molecule has 1 saturated heterocycles. The number of hydrogen-bond acceptors (Lipinski definition) is 3. The lowest BCUT2D eigenvalue weighted by Gasteiger charge is -2.23. The van der Waals surface area contributed by atoms with Crippen LogP contribution in [0.2, 0.25) is 0 Å². The molecular formula is C12H12BrN3O. The third-order valence-electron chi connectivity index (χ3n) is 2.65. The monoisotopic (exact) mass is 293 g/mol. The second-order valence-electron chi connectivity index (χ2n) is 3.97. The normalized spacial score (nSPS) is 19.3. The highest BCUT2D eigenvalue weighted by Crippen LogP contribution is 2.21. The number of anilines is 1. The number of rotatable bonds is 2. The van der Waals surface area contributed by atoms with Crippen molar-refractivity contribution in [3.63, 3.8) is 0 Å². The Labute approximate surface area is 108 Å². The van der Waals surface area contributed by atoms with Crippen molar-refractivity contribution in [3.8, 4) is 6.07 Å². The van der Waals surface area contributed by atoms with Crippen molar-refractivity contribution in [1.29, 1.82) is 5.26 Å². The van der Waals surface area contributed by atoms with E-state index in [1.54, 1.807) is 12.1 Å². The first-order valence-corrected chi connectivity index (χ1v) is 6.23. The number of piperidine rings is 1. The second-order valence-corrected chi connectivity index (χ2v) is 4.89. The Hall–Kier alpha value is -1.54. The van der Waals surface area contributed by atoms with E-state index in [0.717, 1.165) is 29.5 Å². The van der Waals surface area contributed by atoms with Crippen LogP contribution >= 0.6 is 15.9 Å². The molecule has 88 valence electrons. The number of benzene rings is 1. The Bertz CT molecular complexity index is 481. The fourth-order valence-electron chi connectivity index (χ4n) is 1.85. The standard InChI is InChI=1S/C12H12BrN3O/c13-9-4-8(7-14)5-10(6-9)16-11-2-1-3-15-12(11)17/h4-6,11,16H,1-3H2,(H,15,17). The number of carbonyl (C=O) groups excluding carboxylic acids is 1. The van der Waals surface area contributed by atoms with Gasteiger partial charge in [-0.2, -0.15) is 5.26 Å². The molecule has 0 spiro atoms. The molecular weight excluding hydrogens is 282 g/mol. The number of nitrogens with zero attached hydrogens (tertiary/aromatic N) is 1. The first-order chi connectivity index (χ1) is 8.19. The molecule has 1 atom stereocenters. The molecule has 0 bridgehead atoms. The molecule has 1 aliphatic heterocycles. The molecule has 17 heavy (non-hydrogen) atoms. The molecule has 0 aliphatic carbocycles. The van der Waals surface area contributed by atoms with Crippen LogP contribution in [0.1, 0.15) is 18.4 Å². The number of nitriles is 1. The van der Waals surface area contributed by atoms with Crippen molar-refractivity contribution in [3.05, 3.63) is 28.2 Å². The van der Waals surface area contributed by atoms with E-state index in [2.05, 4.69) is 32.6 Å². The lowest BCUT2D eigenvalue weighted by Crippen LogP contribution is -2.44. The average molecular weight is 294 g/mol. The molecule has 0 aromatic heterocycles. The second kappa shape index (κ2) is 5.19. The van der Waals surface area contributed by atoms with Crippen molar-refractivity contribution in [1.82, 2.24) is 5.32 Å². The molecule has 5 heteroatoms. The van der Waals surface area contributed by atoms with E-state index in [1.807, 2.05) is 6.07 Å². The van der Waals surface area contributed by atoms with Crippen molar-refractivity contribution in [2.75, 3.05) is 11.9 Å². The summed E-state index contributed by atoms with van der Waals surface area (Å²) in [5.74, 6) is 0.0229. The van der Waals surface area contributed by atoms with E-state index < -0.39 is 0 Å². The summed E-state index contributed by atoms with van der Waals surface area (Å²) in [7, 11) is 0. The van der Waals surface area contributed by atoms with E-state index >= 15 is 0 Å². The molecule has 1 unspecified atom stereocenters. The number of nitrogens with one attached hydrogen (secondary N) is 2. The minimum absolute atomic E-state index is 0.0229. The van der Waals surface area contributed by atoms with Gasteiger partial charge < -0.3 is 10.6 Å². The van der Waals surface area contributed by atoms with Crippen LogP contribution in [-0.4, -0.2) is 18.5 Å². The van der Waals surface area contributed by atoms with Crippen LogP contribution in [0.4, 0.5) is 5.69 Å². The number of carbonyl (C=O) groups is 1. The van der Waals surface area contributed by atoms with Crippen LogP contribution in [0.3, 0.4) is 0 Å². The smallest absolute Gasteiger partial charge is 0.242 e. The van der Waals surface area contributed by atoms with Crippen LogP contribution in [0, 0.1) is 11.3 Å². The number of amides is 1. The topological polar surface area (TPSA) is 64.9 Å². The molecule has 2 rings (SSSR count). The maximum atomic E-state index is 11.6. The third-order valence-corrected chi connectivity index (χ3v) is 3.11. The van der Waals surface area contributed by atoms with Gasteiger partial charge in [-0.05, 0) is 31.0 Å². The van der Waals surface area contributed by atoms with Gasteiger partial charge in [-0.15, -0.1) is 0 Å². The zero-order valence-electron chi connectivity index (χ0n) is 9.16. The van der Waals surface area contributed by atoms with Gasteiger partial charge in [0.2, 0.25) is 5.91 Å². The predicted octanol–water partition coefficient (Wildman–Crippen LogP) is 2.01. The fourth-order valence-corrected chi connectivity index (χ4v) is 2.34. The van der Waals surface area contributed by atoms with E-state index in [4.69, 9.17) is 5.26 Å². The summed E-state index contributed by atoms with van der Waals surface area (Å²) >= 11 is 3.34. The minimum atomic E-state index is -0.204. The number of halogens is 1. The van der Waals surface area contributed by atoms with E-state index in [9.17, 15) is 4.79 Å². The molecule has 0 saturated carbocycles. The Morgan fingerprint density at radius 2 is 2.29 bits per heavy atom. The summed E-state index contributed by atoms with van der Waals surface area (Å²) in [4.78, 5) is 11.6. The van der Waals surface area contributed by atoms with Crippen molar-refractivity contribution < 1.29 is 4.79 Å². The lowest BCUT2D eigenvalue weighted by atomic mass is 10.1. The lowest BCUT2D eigenvalue weighted by molar-refractivity contribution is -0.123. The fraction of sp³-hybridized carbons (Fsp3) is 0.333. The molecule has 1 aromatic carbocycles. The van der Waals surface area contributed by atoms with Crippen LogP contribution in [0.15, 0.2) is 22.7 Å². The van der Waals surface area contributed by atoms with Crippen molar-refractivity contribution in [2.45, 2.75) is 18.9 Å². The van der Waals surface area contributed by atoms with Crippen LogP contribution < -0.4 is 10.6 Å². The molecule has 1 fully saturated rings. The molecule has 0 radical (unpaired) electrons. The first kappa shape index (κ1) is 11.9. The highest BCUT2D eigenvalue weighted by Gasteiger charge is 2.21. The summed E-state index contributed by atoms with van der Waals surface area (Å²) < 4.78 is 0.829. The Morgan fingerprint density at radius 1 is 1.47 bits per heavy atom. The van der Waals surface area contributed by atoms with Gasteiger partial charge in [0.15, 0.2) is 0 Å². The Balaban J connectivity index is 2.15. The minimum Gasteiger partial charge on any atom is -0.374 e. The molecule has 1 amide bonds.